The molecule has 0 amide bonds. The van der Waals surface area contributed by atoms with Gasteiger partial charge in [-0.1, -0.05) is 89.5 Å². The fourth-order valence-electron chi connectivity index (χ4n) is 5.05. The van der Waals surface area contributed by atoms with Crippen molar-refractivity contribution in [2.45, 2.75) is 103 Å². The molecule has 0 saturated heterocycles. The van der Waals surface area contributed by atoms with Gasteiger partial charge in [0.05, 0.1) is 5.56 Å². The Balaban J connectivity index is 1.61. The number of esters is 1. The summed E-state index contributed by atoms with van der Waals surface area (Å²) in [4.78, 5) is 12.6. The summed E-state index contributed by atoms with van der Waals surface area (Å²) in [6, 6.07) is 16.3. The molecule has 0 aromatic heterocycles. The van der Waals surface area contributed by atoms with Crippen LogP contribution in [0.15, 0.2) is 48.5 Å². The topological polar surface area (TPSA) is 26.3 Å². The van der Waals surface area contributed by atoms with Crippen LogP contribution >= 0.6 is 0 Å². The van der Waals surface area contributed by atoms with Crippen molar-refractivity contribution in [3.8, 4) is 5.75 Å². The van der Waals surface area contributed by atoms with Crippen molar-refractivity contribution in [1.29, 1.82) is 0 Å². The quantitative estimate of drug-likeness (QED) is 0.207. The highest BCUT2D eigenvalue weighted by Crippen LogP contribution is 2.43. The normalized spacial score (nSPS) is 15.5. The van der Waals surface area contributed by atoms with Gasteiger partial charge < -0.3 is 4.74 Å². The highest BCUT2D eigenvalue weighted by Gasteiger charge is 2.33. The summed E-state index contributed by atoms with van der Waals surface area (Å²) in [6.45, 7) is 4.49. The van der Waals surface area contributed by atoms with Gasteiger partial charge in [0.2, 0.25) is 0 Å². The van der Waals surface area contributed by atoms with Crippen LogP contribution in [0.4, 0.5) is 0 Å². The van der Waals surface area contributed by atoms with E-state index in [-0.39, 0.29) is 5.97 Å². The van der Waals surface area contributed by atoms with E-state index in [0.717, 1.165) is 6.42 Å². The van der Waals surface area contributed by atoms with Gasteiger partial charge in [0.1, 0.15) is 5.75 Å². The molecule has 2 aromatic carbocycles. The maximum atomic E-state index is 12.6. The first-order valence-electron chi connectivity index (χ1n) is 12.6. The largest absolute Gasteiger partial charge is 0.423 e. The molecular formula is C29H40O2. The molecule has 1 aliphatic rings. The Morgan fingerprint density at radius 3 is 2.10 bits per heavy atom. The minimum atomic E-state index is -0.275. The molecule has 2 aromatic rings. The number of aryl methyl sites for hydroxylation is 1. The molecule has 1 saturated carbocycles. The third-order valence-corrected chi connectivity index (χ3v) is 7.01. The molecule has 3 rings (SSSR count). The highest BCUT2D eigenvalue weighted by atomic mass is 16.5. The second-order valence-corrected chi connectivity index (χ2v) is 9.37. The average molecular weight is 421 g/mol. The Labute approximate surface area is 189 Å². The second kappa shape index (κ2) is 12.1. The van der Waals surface area contributed by atoms with Crippen molar-refractivity contribution < 1.29 is 9.53 Å². The van der Waals surface area contributed by atoms with E-state index in [2.05, 4.69) is 38.1 Å². The Morgan fingerprint density at radius 2 is 1.45 bits per heavy atom. The molecule has 31 heavy (non-hydrogen) atoms. The minimum absolute atomic E-state index is 0.275. The Bertz CT molecular complexity index is 782. The van der Waals surface area contributed by atoms with Crippen LogP contribution in [0.2, 0.25) is 0 Å². The molecule has 0 heterocycles. The number of hydrogen-bond donors (Lipinski definition) is 0. The summed E-state index contributed by atoms with van der Waals surface area (Å²) in [7, 11) is 0. The first-order valence-corrected chi connectivity index (χ1v) is 12.6. The molecule has 0 N–H and O–H groups in total. The first-order chi connectivity index (χ1) is 15.2. The monoisotopic (exact) mass is 420 g/mol. The summed E-state index contributed by atoms with van der Waals surface area (Å²) in [5.74, 6) is 0.364. The number of rotatable bonds is 11. The fraction of sp³-hybridized carbons (Fsp3) is 0.552. The van der Waals surface area contributed by atoms with Crippen LogP contribution in [0.1, 0.15) is 112 Å². The Hall–Kier alpha value is -2.09. The van der Waals surface area contributed by atoms with Gasteiger partial charge in [-0.15, -0.1) is 0 Å². The SMILES string of the molecule is CCCCCc1ccc(C(=O)Oc2ccc(C3(CCCCC)CCCCC3)cc2)cc1. The van der Waals surface area contributed by atoms with E-state index in [1.54, 1.807) is 0 Å². The highest BCUT2D eigenvalue weighted by molar-refractivity contribution is 5.91. The second-order valence-electron chi connectivity index (χ2n) is 9.37. The molecule has 168 valence electrons. The van der Waals surface area contributed by atoms with Crippen LogP contribution in [-0.4, -0.2) is 5.97 Å². The van der Waals surface area contributed by atoms with Gasteiger partial charge in [-0.25, -0.2) is 4.79 Å². The van der Waals surface area contributed by atoms with Gasteiger partial charge in [-0.3, -0.25) is 0 Å². The number of hydrogen-bond acceptors (Lipinski definition) is 2. The van der Waals surface area contributed by atoms with Gasteiger partial charge in [0, 0.05) is 0 Å². The number of carbonyl (C=O) groups is 1. The predicted octanol–water partition coefficient (Wildman–Crippen LogP) is 8.42. The average Bonchev–Trinajstić information content (AvgIpc) is 2.81. The lowest BCUT2D eigenvalue weighted by Gasteiger charge is -2.38. The van der Waals surface area contributed by atoms with E-state index in [0.29, 0.717) is 16.7 Å². The third-order valence-electron chi connectivity index (χ3n) is 7.01. The van der Waals surface area contributed by atoms with Crippen LogP contribution in [0.25, 0.3) is 0 Å². The van der Waals surface area contributed by atoms with E-state index < -0.39 is 0 Å². The molecular weight excluding hydrogens is 380 g/mol. The smallest absolute Gasteiger partial charge is 0.343 e. The molecule has 0 spiro atoms. The van der Waals surface area contributed by atoms with Crippen molar-refractivity contribution in [3.05, 3.63) is 65.2 Å². The van der Waals surface area contributed by atoms with Crippen molar-refractivity contribution in [2.75, 3.05) is 0 Å². The maximum absolute atomic E-state index is 12.6. The summed E-state index contributed by atoms with van der Waals surface area (Å²) in [6.07, 6.45) is 16.5. The molecule has 2 heteroatoms. The van der Waals surface area contributed by atoms with E-state index in [4.69, 9.17) is 4.74 Å². The van der Waals surface area contributed by atoms with E-state index in [1.807, 2.05) is 24.3 Å². The first kappa shape index (κ1) is 23.6. The van der Waals surface area contributed by atoms with Crippen molar-refractivity contribution in [1.82, 2.24) is 0 Å². The zero-order valence-corrected chi connectivity index (χ0v) is 19.6. The zero-order chi connectivity index (χ0) is 21.9. The number of carbonyl (C=O) groups excluding carboxylic acids is 1. The Morgan fingerprint density at radius 1 is 0.806 bits per heavy atom. The van der Waals surface area contributed by atoms with Crippen LogP contribution in [0, 0.1) is 0 Å². The summed E-state index contributed by atoms with van der Waals surface area (Å²) in [5.41, 5.74) is 3.66. The lowest BCUT2D eigenvalue weighted by molar-refractivity contribution is 0.0734. The molecule has 0 radical (unpaired) electrons. The Kier molecular flexibility index (Phi) is 9.18. The minimum Gasteiger partial charge on any atom is -0.423 e. The lowest BCUT2D eigenvalue weighted by atomic mass is 9.66. The van der Waals surface area contributed by atoms with Crippen molar-refractivity contribution in [2.24, 2.45) is 0 Å². The van der Waals surface area contributed by atoms with Gasteiger partial charge in [0.15, 0.2) is 0 Å². The maximum Gasteiger partial charge on any atom is 0.343 e. The summed E-state index contributed by atoms with van der Waals surface area (Å²) < 4.78 is 5.67. The van der Waals surface area contributed by atoms with Crippen LogP contribution in [-0.2, 0) is 11.8 Å². The fourth-order valence-corrected chi connectivity index (χ4v) is 5.05. The standard InChI is InChI=1S/C29H40O2/c1-3-5-8-12-24-13-15-25(16-14-24)28(30)31-27-19-17-26(18-20-27)29(21-9-6-4-2)22-10-7-11-23-29/h13-20H,3-12,21-23H2,1-2H3. The van der Waals surface area contributed by atoms with Crippen molar-refractivity contribution in [3.63, 3.8) is 0 Å². The van der Waals surface area contributed by atoms with Gasteiger partial charge in [-0.2, -0.15) is 0 Å². The van der Waals surface area contributed by atoms with E-state index in [1.165, 1.54) is 88.2 Å². The molecule has 0 bridgehead atoms. The van der Waals surface area contributed by atoms with Gasteiger partial charge in [0.25, 0.3) is 0 Å². The number of benzene rings is 2. The summed E-state index contributed by atoms with van der Waals surface area (Å²) in [5, 5.41) is 0. The number of ether oxygens (including phenoxy) is 1. The van der Waals surface area contributed by atoms with Gasteiger partial charge >= 0.3 is 5.97 Å². The predicted molar refractivity (Wildman–Crippen MR) is 130 cm³/mol. The van der Waals surface area contributed by atoms with E-state index in [9.17, 15) is 4.79 Å². The summed E-state index contributed by atoms with van der Waals surface area (Å²) >= 11 is 0. The number of unbranched alkanes of at least 4 members (excludes halogenated alkanes) is 4. The van der Waals surface area contributed by atoms with Crippen LogP contribution in [0.3, 0.4) is 0 Å². The molecule has 0 unspecified atom stereocenters. The molecule has 1 aliphatic carbocycles. The molecule has 2 nitrogen and oxygen atoms in total. The van der Waals surface area contributed by atoms with Crippen LogP contribution < -0.4 is 4.74 Å². The van der Waals surface area contributed by atoms with Crippen LogP contribution in [0.5, 0.6) is 5.75 Å². The molecule has 0 aliphatic heterocycles. The van der Waals surface area contributed by atoms with Crippen molar-refractivity contribution >= 4 is 5.97 Å². The van der Waals surface area contributed by atoms with E-state index >= 15 is 0 Å². The van der Waals surface area contributed by atoms with Gasteiger partial charge in [-0.05, 0) is 72.9 Å². The zero-order valence-electron chi connectivity index (χ0n) is 19.6. The lowest BCUT2D eigenvalue weighted by Crippen LogP contribution is -2.29. The third kappa shape index (κ3) is 6.69. The molecule has 0 atom stereocenters. The molecule has 1 fully saturated rings.